The highest BCUT2D eigenvalue weighted by molar-refractivity contribution is 7.12. The molecule has 20 nitrogen and oxygen atoms in total. The summed E-state index contributed by atoms with van der Waals surface area (Å²) in [4.78, 5) is 93.4. The van der Waals surface area contributed by atoms with E-state index in [2.05, 4.69) is 51.8 Å². The number of nitrogens with one attached hydrogen (secondary N) is 6. The average Bonchev–Trinajstić information content (AvgIpc) is 4.11. The Hall–Kier alpha value is -7.98. The van der Waals surface area contributed by atoms with Crippen LogP contribution in [0, 0.1) is 27.7 Å². The zero-order chi connectivity index (χ0) is 53.3. The molecule has 0 spiro atoms. The van der Waals surface area contributed by atoms with Crippen molar-refractivity contribution in [3.05, 3.63) is 137 Å². The van der Waals surface area contributed by atoms with E-state index >= 15 is 0 Å². The number of amides is 4. The summed E-state index contributed by atoms with van der Waals surface area (Å²) in [5.41, 5.74) is 5.79. The fourth-order valence-electron chi connectivity index (χ4n) is 8.99. The Morgan fingerprint density at radius 2 is 1.18 bits per heavy atom. The van der Waals surface area contributed by atoms with Crippen molar-refractivity contribution in [2.45, 2.75) is 96.8 Å². The van der Waals surface area contributed by atoms with Crippen LogP contribution in [-0.4, -0.2) is 115 Å². The third-order valence-corrected chi connectivity index (χ3v) is 14.5. The van der Waals surface area contributed by atoms with Crippen LogP contribution in [0.25, 0.3) is 0 Å². The maximum atomic E-state index is 13.1. The predicted molar refractivity (Wildman–Crippen MR) is 278 cm³/mol. The number of thiophene rings is 2. The van der Waals surface area contributed by atoms with E-state index in [1.165, 1.54) is 29.8 Å². The maximum Gasteiger partial charge on any atom is 0.330 e. The molecule has 0 fully saturated rings. The second-order valence-electron chi connectivity index (χ2n) is 18.3. The fraction of sp³-hybridized carbons (Fsp3) is 0.346. The van der Waals surface area contributed by atoms with E-state index in [-0.39, 0.29) is 47.7 Å². The number of rotatable bonds is 16. The number of aliphatic carboxylic acids is 1. The number of methoxy groups -OCH3 is 1. The van der Waals surface area contributed by atoms with Gasteiger partial charge in [-0.3, -0.25) is 19.2 Å². The highest BCUT2D eigenvalue weighted by Gasteiger charge is 2.33. The van der Waals surface area contributed by atoms with Crippen molar-refractivity contribution in [3.63, 3.8) is 0 Å². The lowest BCUT2D eigenvalue weighted by atomic mass is 9.79. The van der Waals surface area contributed by atoms with Gasteiger partial charge in [0.15, 0.2) is 0 Å². The lowest BCUT2D eigenvalue weighted by molar-refractivity contribution is -0.142. The lowest BCUT2D eigenvalue weighted by Crippen LogP contribution is -2.49. The minimum absolute atomic E-state index is 0.0370. The lowest BCUT2D eigenvalue weighted by Gasteiger charge is -2.36. The first-order chi connectivity index (χ1) is 35.3. The van der Waals surface area contributed by atoms with Crippen molar-refractivity contribution in [1.29, 1.82) is 0 Å². The van der Waals surface area contributed by atoms with Crippen molar-refractivity contribution in [3.8, 4) is 11.5 Å². The number of benzene rings is 2. The van der Waals surface area contributed by atoms with Gasteiger partial charge in [-0.25, -0.2) is 29.5 Å². The van der Waals surface area contributed by atoms with Crippen LogP contribution in [0.3, 0.4) is 0 Å². The monoisotopic (exact) mass is 1050 g/mol. The first kappa shape index (κ1) is 53.8. The molecule has 2 aliphatic carbocycles. The zero-order valence-electron chi connectivity index (χ0n) is 41.6. The molecular formula is C52H58N10O10S2. The highest BCUT2D eigenvalue weighted by Crippen LogP contribution is 2.36. The van der Waals surface area contributed by atoms with Crippen LogP contribution in [0.2, 0.25) is 0 Å². The Balaban J connectivity index is 0.000000216. The molecule has 388 valence electrons. The number of aromatic nitrogens is 4. The molecule has 2 aliphatic rings. The van der Waals surface area contributed by atoms with Crippen molar-refractivity contribution in [1.82, 2.24) is 41.2 Å². The van der Waals surface area contributed by atoms with E-state index in [1.54, 1.807) is 74.9 Å². The van der Waals surface area contributed by atoms with Crippen LogP contribution in [0.4, 0.5) is 11.9 Å². The molecule has 0 saturated carbocycles. The number of aryl methyl sites for hydroxylation is 6. The van der Waals surface area contributed by atoms with Crippen molar-refractivity contribution in [2.24, 2.45) is 0 Å². The number of carbonyl (C=O) groups is 6. The number of phenolic OH excluding ortho intramolecular Hbond substituents is 2. The van der Waals surface area contributed by atoms with Crippen LogP contribution in [0.5, 0.6) is 11.5 Å². The topological polar surface area (TPSA) is 296 Å². The van der Waals surface area contributed by atoms with Gasteiger partial charge in [-0.2, -0.15) is 0 Å². The van der Waals surface area contributed by atoms with Gasteiger partial charge in [0, 0.05) is 24.7 Å². The van der Waals surface area contributed by atoms with Crippen LogP contribution in [0.15, 0.2) is 71.4 Å². The molecule has 74 heavy (non-hydrogen) atoms. The molecule has 6 aromatic rings. The van der Waals surface area contributed by atoms with Gasteiger partial charge in [0.2, 0.25) is 11.9 Å². The van der Waals surface area contributed by atoms with Crippen molar-refractivity contribution < 1.29 is 48.8 Å². The third kappa shape index (κ3) is 13.2. The second-order valence-corrected chi connectivity index (χ2v) is 20.1. The summed E-state index contributed by atoms with van der Waals surface area (Å²) >= 11 is 2.51. The Morgan fingerprint density at radius 3 is 1.69 bits per heavy atom. The molecule has 0 bridgehead atoms. The minimum Gasteiger partial charge on any atom is -0.508 e. The molecule has 0 radical (unpaired) electrons. The van der Waals surface area contributed by atoms with Crippen molar-refractivity contribution in [2.75, 3.05) is 30.8 Å². The molecule has 4 amide bonds. The molecule has 4 aromatic heterocycles. The highest BCUT2D eigenvalue weighted by atomic mass is 32.1. The van der Waals surface area contributed by atoms with Gasteiger partial charge in [0.1, 0.15) is 23.6 Å². The summed E-state index contributed by atoms with van der Waals surface area (Å²) in [5.74, 6) is -2.59. The number of carbonyl (C=O) groups excluding carboxylic acids is 5. The number of carboxylic acid groups (broad SMARTS) is 1. The average molecular weight is 1050 g/mol. The van der Waals surface area contributed by atoms with Crippen LogP contribution in [-0.2, 0) is 40.0 Å². The second kappa shape index (κ2) is 23.7. The molecule has 0 aliphatic heterocycles. The van der Waals surface area contributed by atoms with Gasteiger partial charge in [0.25, 0.3) is 23.6 Å². The van der Waals surface area contributed by atoms with Gasteiger partial charge >= 0.3 is 11.9 Å². The van der Waals surface area contributed by atoms with E-state index < -0.39 is 47.3 Å². The van der Waals surface area contributed by atoms with Crippen LogP contribution < -0.4 is 31.9 Å². The van der Waals surface area contributed by atoms with Gasteiger partial charge in [0.05, 0.1) is 50.8 Å². The van der Waals surface area contributed by atoms with E-state index in [0.29, 0.717) is 57.3 Å². The predicted octanol–water partition coefficient (Wildman–Crippen LogP) is 5.36. The minimum atomic E-state index is -1.33. The first-order valence-electron chi connectivity index (χ1n) is 23.7. The van der Waals surface area contributed by atoms with Crippen molar-refractivity contribution >= 4 is 70.1 Å². The van der Waals surface area contributed by atoms with Gasteiger partial charge in [-0.1, -0.05) is 36.4 Å². The molecule has 8 rings (SSSR count). The third-order valence-electron chi connectivity index (χ3n) is 12.8. The summed E-state index contributed by atoms with van der Waals surface area (Å²) in [5, 5.41) is 50.6. The molecule has 9 N–H and O–H groups in total. The first-order valence-corrected chi connectivity index (χ1v) is 25.5. The molecule has 2 unspecified atom stereocenters. The summed E-state index contributed by atoms with van der Waals surface area (Å²) in [6, 6.07) is 15.5. The Morgan fingerprint density at radius 1 is 0.676 bits per heavy atom. The number of aromatic hydroxyl groups is 2. The van der Waals surface area contributed by atoms with E-state index in [9.17, 15) is 44.1 Å². The van der Waals surface area contributed by atoms with Crippen LogP contribution in [0.1, 0.15) is 105 Å². The van der Waals surface area contributed by atoms with Gasteiger partial charge < -0.3 is 52.0 Å². The largest absolute Gasteiger partial charge is 0.508 e. The number of phenols is 2. The number of esters is 1. The number of fused-ring (bicyclic) bond motifs is 2. The number of ether oxygens (including phenoxy) is 1. The van der Waals surface area contributed by atoms with E-state index in [1.807, 2.05) is 31.2 Å². The fourth-order valence-corrected chi connectivity index (χ4v) is 10.3. The Bertz CT molecular complexity index is 3010. The summed E-state index contributed by atoms with van der Waals surface area (Å²) in [6.07, 6.45) is 4.53. The number of carboxylic acids is 1. The quantitative estimate of drug-likeness (QED) is 0.0551. The maximum absolute atomic E-state index is 13.1. The van der Waals surface area contributed by atoms with Crippen LogP contribution >= 0.6 is 22.7 Å². The van der Waals surface area contributed by atoms with Gasteiger partial charge in [-0.15, -0.1) is 22.7 Å². The van der Waals surface area contributed by atoms with Gasteiger partial charge in [-0.05, 0) is 130 Å². The molecule has 4 heterocycles. The molecule has 0 saturated heterocycles. The normalized spacial score (nSPS) is 16.3. The summed E-state index contributed by atoms with van der Waals surface area (Å²) < 4.78 is 4.81. The number of hydrogen-bond acceptors (Lipinski definition) is 17. The molecule has 22 heteroatoms. The number of hydrogen-bond donors (Lipinski definition) is 9. The standard InChI is InChI=1S/2C26H29N5O5S/c1-14-21(23(34)30-18(24(35)36)13-27-22(33)20-8-5-11-37-20)15(2)29-25(28-14)31-26(3)10-9-16-6-4-7-19(32)17(16)12-26;1-14-22(24(34)31-19(25(35)36-3)13-27-23(33)21-8-5-11-37-21)15(2)29-26(28-14)30-17-10-9-16-6-4-7-20(32)18(16)12-17/h4-8,11,18,32H,9-10,12-13H2,1-3H3,(H,27,33)(H,30,34)(H,35,36)(H,28,29,31);4-8,11,17,19,32H,9-10,12-13H2,1-3H3,(H,27,33)(H,31,34)(H,28,29,30)/t18-,26?;17?,19-/m00/s1. The SMILES string of the molecule is COC(=O)[C@H](CNC(=O)c1cccs1)NC(=O)c1c(C)nc(NC2CCc3cccc(O)c3C2)nc1C.Cc1nc(NC2(C)CCc3cccc(O)c3C2)nc(C)c1C(=O)N[C@@H](CNC(=O)c1cccs1)C(=O)O. The zero-order valence-corrected chi connectivity index (χ0v) is 43.3. The summed E-state index contributed by atoms with van der Waals surface area (Å²) in [7, 11) is 1.21. The molecular weight excluding hydrogens is 989 g/mol. The summed E-state index contributed by atoms with van der Waals surface area (Å²) in [6.45, 7) is 8.34. The molecule has 2 aromatic carbocycles. The molecule has 4 atom stereocenters. The smallest absolute Gasteiger partial charge is 0.330 e. The number of nitrogens with zero attached hydrogens (tertiary/aromatic N) is 4. The van der Waals surface area contributed by atoms with E-state index in [4.69, 9.17) is 4.74 Å². The number of anilines is 2. The van der Waals surface area contributed by atoms with E-state index in [0.717, 1.165) is 47.9 Å². The Kier molecular flexibility index (Phi) is 17.2. The Labute approximate surface area is 434 Å².